The Bertz CT molecular complexity index is 282. The van der Waals surface area contributed by atoms with Gasteiger partial charge in [0.2, 0.25) is 5.91 Å². The molecule has 0 N–H and O–H groups in total. The van der Waals surface area contributed by atoms with Gasteiger partial charge in [0.1, 0.15) is 6.61 Å². The molecule has 17 heavy (non-hydrogen) atoms. The zero-order chi connectivity index (χ0) is 13.3. The summed E-state index contributed by atoms with van der Waals surface area (Å²) in [6.07, 6.45) is 0. The van der Waals surface area contributed by atoms with Gasteiger partial charge in [-0.15, -0.1) is 0 Å². The molecule has 4 nitrogen and oxygen atoms in total. The number of hydrogen-bond acceptors (Lipinski definition) is 3. The van der Waals surface area contributed by atoms with E-state index in [0.717, 1.165) is 19.6 Å². The molecular weight excluding hydrogens is 216 g/mol. The third-order valence-electron chi connectivity index (χ3n) is 3.30. The summed E-state index contributed by atoms with van der Waals surface area (Å²) in [6, 6.07) is 0. The monoisotopic (exact) mass is 242 g/mol. The number of hydrogen-bond donors (Lipinski definition) is 0. The average molecular weight is 242 g/mol. The van der Waals surface area contributed by atoms with Crippen LogP contribution in [0.25, 0.3) is 0 Å². The summed E-state index contributed by atoms with van der Waals surface area (Å²) in [6.45, 7) is 12.9. The van der Waals surface area contributed by atoms with E-state index in [0.29, 0.717) is 0 Å². The molecule has 1 heterocycles. The van der Waals surface area contributed by atoms with Crippen LogP contribution in [0.4, 0.5) is 0 Å². The number of likely N-dealkylation sites (N-methyl/N-ethyl adjacent to an activating group) is 1. The van der Waals surface area contributed by atoms with Gasteiger partial charge in [-0.3, -0.25) is 9.69 Å². The van der Waals surface area contributed by atoms with Crippen molar-refractivity contribution >= 4 is 5.91 Å². The average Bonchev–Trinajstić information content (AvgIpc) is 2.17. The zero-order valence-electron chi connectivity index (χ0n) is 12.0. The number of amides is 1. The summed E-state index contributed by atoms with van der Waals surface area (Å²) in [7, 11) is 2.10. The Morgan fingerprint density at radius 1 is 1.29 bits per heavy atom. The summed E-state index contributed by atoms with van der Waals surface area (Å²) in [5, 5.41) is 0. The maximum atomic E-state index is 12.0. The molecule has 0 aromatic heterocycles. The molecule has 0 bridgehead atoms. The fourth-order valence-electron chi connectivity index (χ4n) is 1.82. The highest BCUT2D eigenvalue weighted by molar-refractivity contribution is 5.77. The van der Waals surface area contributed by atoms with Crippen LogP contribution in [0.3, 0.4) is 0 Å². The van der Waals surface area contributed by atoms with Gasteiger partial charge in [-0.1, -0.05) is 0 Å². The lowest BCUT2D eigenvalue weighted by Crippen LogP contribution is -2.59. The molecule has 0 aromatic rings. The number of carbonyl (C=O) groups excluding carboxylic acids is 1. The summed E-state index contributed by atoms with van der Waals surface area (Å²) < 4.78 is 5.53. The van der Waals surface area contributed by atoms with E-state index in [1.54, 1.807) is 0 Å². The lowest BCUT2D eigenvalue weighted by Gasteiger charge is -2.45. The predicted octanol–water partition coefficient (Wildman–Crippen LogP) is 1.35. The Labute approximate surface area is 105 Å². The van der Waals surface area contributed by atoms with Crippen molar-refractivity contribution < 1.29 is 9.53 Å². The Morgan fingerprint density at radius 2 is 1.88 bits per heavy atom. The van der Waals surface area contributed by atoms with E-state index in [1.807, 2.05) is 25.7 Å². The molecular formula is C13H26N2O2. The summed E-state index contributed by atoms with van der Waals surface area (Å²) in [5.41, 5.74) is -0.201. The van der Waals surface area contributed by atoms with Gasteiger partial charge in [0.15, 0.2) is 0 Å². The first kappa shape index (κ1) is 14.5. The van der Waals surface area contributed by atoms with E-state index in [2.05, 4.69) is 25.8 Å². The molecule has 0 atom stereocenters. The molecule has 0 aliphatic carbocycles. The SMILES string of the molecule is CN1CCN(C(=O)COC(C)(C)C)CC1(C)C. The van der Waals surface area contributed by atoms with Crippen molar-refractivity contribution in [2.24, 2.45) is 0 Å². The highest BCUT2D eigenvalue weighted by atomic mass is 16.5. The zero-order valence-corrected chi connectivity index (χ0v) is 12.0. The number of ether oxygens (including phenoxy) is 1. The quantitative estimate of drug-likeness (QED) is 0.733. The van der Waals surface area contributed by atoms with Gasteiger partial charge in [-0.25, -0.2) is 0 Å². The first-order valence-corrected chi connectivity index (χ1v) is 6.25. The van der Waals surface area contributed by atoms with Gasteiger partial charge in [0, 0.05) is 25.2 Å². The maximum absolute atomic E-state index is 12.0. The minimum Gasteiger partial charge on any atom is -0.366 e. The molecule has 0 unspecified atom stereocenters. The van der Waals surface area contributed by atoms with Crippen molar-refractivity contribution in [2.75, 3.05) is 33.3 Å². The van der Waals surface area contributed by atoms with Gasteiger partial charge < -0.3 is 9.64 Å². The molecule has 1 aliphatic rings. The third kappa shape index (κ3) is 4.28. The van der Waals surface area contributed by atoms with Crippen LogP contribution in [0.1, 0.15) is 34.6 Å². The number of nitrogens with zero attached hydrogens (tertiary/aromatic N) is 2. The van der Waals surface area contributed by atoms with Crippen LogP contribution < -0.4 is 0 Å². The highest BCUT2D eigenvalue weighted by Crippen LogP contribution is 2.19. The molecule has 1 saturated heterocycles. The van der Waals surface area contributed by atoms with Gasteiger partial charge >= 0.3 is 0 Å². The van der Waals surface area contributed by atoms with E-state index < -0.39 is 0 Å². The first-order chi connectivity index (χ1) is 7.62. The highest BCUT2D eigenvalue weighted by Gasteiger charge is 2.33. The van der Waals surface area contributed by atoms with E-state index in [4.69, 9.17) is 4.74 Å². The molecule has 1 amide bonds. The molecule has 4 heteroatoms. The van der Waals surface area contributed by atoms with Crippen molar-refractivity contribution in [1.29, 1.82) is 0 Å². The third-order valence-corrected chi connectivity index (χ3v) is 3.30. The second-order valence-electron chi connectivity index (χ2n) is 6.45. The standard InChI is InChI=1S/C13H26N2O2/c1-12(2,3)17-9-11(16)15-8-7-14(6)13(4,5)10-15/h7-10H2,1-6H3. The number of rotatable bonds is 2. The van der Waals surface area contributed by atoms with E-state index in [1.165, 1.54) is 0 Å². The molecule has 100 valence electrons. The lowest BCUT2D eigenvalue weighted by atomic mass is 10.00. The van der Waals surface area contributed by atoms with Gasteiger partial charge in [0.05, 0.1) is 5.60 Å². The summed E-state index contributed by atoms with van der Waals surface area (Å²) in [4.78, 5) is 16.2. The largest absolute Gasteiger partial charge is 0.366 e. The van der Waals surface area contributed by atoms with Crippen molar-refractivity contribution in [1.82, 2.24) is 9.80 Å². The minimum absolute atomic E-state index is 0.0512. The van der Waals surface area contributed by atoms with Crippen LogP contribution in [0, 0.1) is 0 Å². The van der Waals surface area contributed by atoms with Crippen LogP contribution in [0.2, 0.25) is 0 Å². The van der Waals surface area contributed by atoms with Crippen LogP contribution in [0.15, 0.2) is 0 Å². The Kier molecular flexibility index (Phi) is 4.20. The molecule has 0 radical (unpaired) electrons. The van der Waals surface area contributed by atoms with Crippen molar-refractivity contribution in [3.63, 3.8) is 0 Å². The fourth-order valence-corrected chi connectivity index (χ4v) is 1.82. The van der Waals surface area contributed by atoms with Gasteiger partial charge in [-0.05, 0) is 41.7 Å². The van der Waals surface area contributed by atoms with E-state index in [-0.39, 0.29) is 23.7 Å². The Morgan fingerprint density at radius 3 is 2.35 bits per heavy atom. The molecule has 0 spiro atoms. The number of carbonyl (C=O) groups is 1. The summed E-state index contributed by atoms with van der Waals surface area (Å²) >= 11 is 0. The van der Waals surface area contributed by atoms with Crippen LogP contribution in [-0.4, -0.2) is 60.1 Å². The van der Waals surface area contributed by atoms with Crippen molar-refractivity contribution in [3.05, 3.63) is 0 Å². The van der Waals surface area contributed by atoms with Crippen molar-refractivity contribution in [2.45, 2.75) is 45.8 Å². The maximum Gasteiger partial charge on any atom is 0.248 e. The van der Waals surface area contributed by atoms with Crippen LogP contribution in [-0.2, 0) is 9.53 Å². The van der Waals surface area contributed by atoms with E-state index in [9.17, 15) is 4.79 Å². The second kappa shape index (κ2) is 4.94. The van der Waals surface area contributed by atoms with E-state index >= 15 is 0 Å². The molecule has 1 rings (SSSR count). The van der Waals surface area contributed by atoms with Crippen LogP contribution in [0.5, 0.6) is 0 Å². The normalized spacial score (nSPS) is 21.6. The Balaban J connectivity index is 2.49. The fraction of sp³-hybridized carbons (Fsp3) is 0.923. The van der Waals surface area contributed by atoms with Crippen molar-refractivity contribution in [3.8, 4) is 0 Å². The first-order valence-electron chi connectivity index (χ1n) is 6.25. The van der Waals surface area contributed by atoms with Gasteiger partial charge in [0.25, 0.3) is 0 Å². The molecule has 0 saturated carbocycles. The molecule has 0 aromatic carbocycles. The number of piperazine rings is 1. The smallest absolute Gasteiger partial charge is 0.248 e. The summed E-state index contributed by atoms with van der Waals surface area (Å²) in [5.74, 6) is 0.0982. The predicted molar refractivity (Wildman–Crippen MR) is 69.0 cm³/mol. The topological polar surface area (TPSA) is 32.8 Å². The molecule has 1 aliphatic heterocycles. The van der Waals surface area contributed by atoms with Gasteiger partial charge in [-0.2, -0.15) is 0 Å². The lowest BCUT2D eigenvalue weighted by molar-refractivity contribution is -0.145. The van der Waals surface area contributed by atoms with Crippen LogP contribution >= 0.6 is 0 Å². The minimum atomic E-state index is -0.252. The Hall–Kier alpha value is -0.610. The second-order valence-corrected chi connectivity index (χ2v) is 6.45. The molecule has 1 fully saturated rings.